The second-order valence-corrected chi connectivity index (χ2v) is 5.56. The van der Waals surface area contributed by atoms with Crippen molar-refractivity contribution in [3.8, 4) is 0 Å². The lowest BCUT2D eigenvalue weighted by atomic mass is 9.96. The number of amides is 1. The van der Waals surface area contributed by atoms with Crippen molar-refractivity contribution in [3.63, 3.8) is 0 Å². The number of oxime groups is 1. The molecule has 1 fully saturated rings. The topological polar surface area (TPSA) is 70.9 Å². The van der Waals surface area contributed by atoms with E-state index in [1.165, 1.54) is 0 Å². The Balaban J connectivity index is 1.75. The van der Waals surface area contributed by atoms with E-state index in [0.29, 0.717) is 0 Å². The monoisotopic (exact) mass is 340 g/mol. The molecular weight excluding hydrogens is 324 g/mol. The highest BCUT2D eigenvalue weighted by Gasteiger charge is 2.19. The van der Waals surface area contributed by atoms with Crippen LogP contribution in [0.3, 0.4) is 0 Å². The Bertz CT molecular complexity index is 495. The minimum Gasteiger partial charge on any atom is -0.411 e. The first kappa shape index (κ1) is 15.0. The Labute approximate surface area is 126 Å². The summed E-state index contributed by atoms with van der Waals surface area (Å²) < 4.78 is 6.43. The number of nitrogens with zero attached hydrogens (tertiary/aromatic N) is 1. The van der Waals surface area contributed by atoms with Crippen molar-refractivity contribution in [2.45, 2.75) is 31.8 Å². The highest BCUT2D eigenvalue weighted by Crippen LogP contribution is 2.22. The molecule has 1 aliphatic rings. The largest absolute Gasteiger partial charge is 0.411 e. The first-order valence-corrected chi connectivity index (χ1v) is 7.34. The Kier molecular flexibility index (Phi) is 5.55. The summed E-state index contributed by atoms with van der Waals surface area (Å²) in [5.41, 5.74) is 1.54. The second-order valence-electron chi connectivity index (χ2n) is 4.70. The third-order valence-electron chi connectivity index (χ3n) is 3.25. The summed E-state index contributed by atoms with van der Waals surface area (Å²) >= 11 is 3.37. The molecule has 20 heavy (non-hydrogen) atoms. The number of hydrogen-bond donors (Lipinski definition) is 2. The number of carbonyl (C=O) groups excluding carboxylic acids is 1. The molecule has 1 aromatic carbocycles. The van der Waals surface area contributed by atoms with Crippen molar-refractivity contribution in [1.29, 1.82) is 0 Å². The summed E-state index contributed by atoms with van der Waals surface area (Å²) in [6.45, 7) is 0.0393. The summed E-state index contributed by atoms with van der Waals surface area (Å²) in [6, 6.07) is 7.44. The molecule has 0 heterocycles. The predicted octanol–water partition coefficient (Wildman–Crippen LogP) is 3.18. The van der Waals surface area contributed by atoms with E-state index >= 15 is 0 Å². The van der Waals surface area contributed by atoms with Crippen molar-refractivity contribution in [2.24, 2.45) is 5.16 Å². The number of carbonyl (C=O) groups is 1. The molecule has 0 atom stereocenters. The summed E-state index contributed by atoms with van der Waals surface area (Å²) in [7, 11) is 0. The SMILES string of the molecule is O=C(COC1CCC(=NO)CC1)Nc1ccccc1Br. The molecule has 2 rings (SSSR count). The van der Waals surface area contributed by atoms with Crippen LogP contribution in [0.5, 0.6) is 0 Å². The van der Waals surface area contributed by atoms with Gasteiger partial charge in [0, 0.05) is 4.47 Å². The normalized spacial score (nSPS) is 18.6. The van der Waals surface area contributed by atoms with Crippen molar-refractivity contribution in [2.75, 3.05) is 11.9 Å². The first-order chi connectivity index (χ1) is 9.69. The molecule has 0 spiro atoms. The molecule has 1 aliphatic carbocycles. The van der Waals surface area contributed by atoms with Crippen LogP contribution < -0.4 is 5.32 Å². The van der Waals surface area contributed by atoms with Gasteiger partial charge in [0.25, 0.3) is 0 Å². The average Bonchev–Trinajstić information content (AvgIpc) is 2.48. The van der Waals surface area contributed by atoms with Crippen LogP contribution in [0, 0.1) is 0 Å². The zero-order chi connectivity index (χ0) is 14.4. The maximum atomic E-state index is 11.8. The van der Waals surface area contributed by atoms with E-state index in [9.17, 15) is 4.79 Å². The molecule has 108 valence electrons. The summed E-state index contributed by atoms with van der Waals surface area (Å²) in [4.78, 5) is 11.8. The van der Waals surface area contributed by atoms with Crippen LogP contribution in [-0.4, -0.2) is 29.5 Å². The number of benzene rings is 1. The lowest BCUT2D eigenvalue weighted by Crippen LogP contribution is -2.27. The highest BCUT2D eigenvalue weighted by molar-refractivity contribution is 9.10. The molecule has 6 heteroatoms. The summed E-state index contributed by atoms with van der Waals surface area (Å²) in [5, 5.41) is 14.7. The van der Waals surface area contributed by atoms with Gasteiger partial charge in [-0.3, -0.25) is 4.79 Å². The highest BCUT2D eigenvalue weighted by atomic mass is 79.9. The number of ether oxygens (including phenoxy) is 1. The zero-order valence-corrected chi connectivity index (χ0v) is 12.6. The Morgan fingerprint density at radius 3 is 2.75 bits per heavy atom. The van der Waals surface area contributed by atoms with Gasteiger partial charge in [-0.2, -0.15) is 0 Å². The number of hydrogen-bond acceptors (Lipinski definition) is 4. The van der Waals surface area contributed by atoms with Gasteiger partial charge in [0.05, 0.1) is 17.5 Å². The average molecular weight is 341 g/mol. The van der Waals surface area contributed by atoms with Crippen molar-refractivity contribution in [3.05, 3.63) is 28.7 Å². The van der Waals surface area contributed by atoms with Gasteiger partial charge in [-0.05, 0) is 53.7 Å². The van der Waals surface area contributed by atoms with Gasteiger partial charge < -0.3 is 15.3 Å². The lowest BCUT2D eigenvalue weighted by Gasteiger charge is -2.22. The summed E-state index contributed by atoms with van der Waals surface area (Å²) in [6.07, 6.45) is 3.11. The Morgan fingerprint density at radius 2 is 2.10 bits per heavy atom. The number of para-hydroxylation sites is 1. The lowest BCUT2D eigenvalue weighted by molar-refractivity contribution is -0.122. The number of rotatable bonds is 4. The van der Waals surface area contributed by atoms with Gasteiger partial charge in [-0.15, -0.1) is 0 Å². The molecule has 2 N–H and O–H groups in total. The van der Waals surface area contributed by atoms with Crippen molar-refractivity contribution in [1.82, 2.24) is 0 Å². The van der Waals surface area contributed by atoms with Crippen molar-refractivity contribution >= 4 is 33.2 Å². The molecule has 0 aromatic heterocycles. The van der Waals surface area contributed by atoms with Crippen LogP contribution in [-0.2, 0) is 9.53 Å². The van der Waals surface area contributed by atoms with Crippen LogP contribution in [0.15, 0.2) is 33.9 Å². The molecule has 1 saturated carbocycles. The van der Waals surface area contributed by atoms with Crippen LogP contribution in [0.2, 0.25) is 0 Å². The molecule has 5 nitrogen and oxygen atoms in total. The van der Waals surface area contributed by atoms with E-state index in [0.717, 1.165) is 41.6 Å². The predicted molar refractivity (Wildman–Crippen MR) is 80.2 cm³/mol. The van der Waals surface area contributed by atoms with E-state index in [2.05, 4.69) is 26.4 Å². The quantitative estimate of drug-likeness (QED) is 0.653. The molecule has 0 aliphatic heterocycles. The van der Waals surface area contributed by atoms with Gasteiger partial charge in [0.2, 0.25) is 5.91 Å². The molecule has 0 bridgehead atoms. The standard InChI is InChI=1S/C14H17BrN2O3/c15-12-3-1-2-4-13(12)16-14(18)9-20-11-7-5-10(17-19)6-8-11/h1-4,11,19H,5-9H2,(H,16,18). The third kappa shape index (κ3) is 4.31. The van der Waals surface area contributed by atoms with Crippen molar-refractivity contribution < 1.29 is 14.7 Å². The molecule has 0 radical (unpaired) electrons. The van der Waals surface area contributed by atoms with Gasteiger partial charge in [-0.1, -0.05) is 17.3 Å². The number of halogens is 1. The van der Waals surface area contributed by atoms with E-state index in [4.69, 9.17) is 9.94 Å². The molecule has 0 unspecified atom stereocenters. The maximum Gasteiger partial charge on any atom is 0.250 e. The number of nitrogens with one attached hydrogen (secondary N) is 1. The Hall–Kier alpha value is -1.40. The third-order valence-corrected chi connectivity index (χ3v) is 3.94. The Morgan fingerprint density at radius 1 is 1.40 bits per heavy atom. The van der Waals surface area contributed by atoms with E-state index in [-0.39, 0.29) is 18.6 Å². The van der Waals surface area contributed by atoms with E-state index in [1.807, 2.05) is 24.3 Å². The second kappa shape index (κ2) is 7.40. The van der Waals surface area contributed by atoms with E-state index in [1.54, 1.807) is 0 Å². The van der Waals surface area contributed by atoms with Crippen LogP contribution >= 0.6 is 15.9 Å². The molecular formula is C14H17BrN2O3. The minimum absolute atomic E-state index is 0.0393. The van der Waals surface area contributed by atoms with Crippen LogP contribution in [0.25, 0.3) is 0 Å². The molecule has 0 saturated heterocycles. The minimum atomic E-state index is -0.168. The number of anilines is 1. The summed E-state index contributed by atoms with van der Waals surface area (Å²) in [5.74, 6) is -0.168. The van der Waals surface area contributed by atoms with Gasteiger partial charge >= 0.3 is 0 Å². The molecule has 1 aromatic rings. The van der Waals surface area contributed by atoms with E-state index < -0.39 is 0 Å². The van der Waals surface area contributed by atoms with Gasteiger partial charge in [0.1, 0.15) is 6.61 Å². The fourth-order valence-corrected chi connectivity index (χ4v) is 2.52. The molecule has 1 amide bonds. The van der Waals surface area contributed by atoms with Crippen LogP contribution in [0.4, 0.5) is 5.69 Å². The fourth-order valence-electron chi connectivity index (χ4n) is 2.13. The van der Waals surface area contributed by atoms with Crippen LogP contribution in [0.1, 0.15) is 25.7 Å². The van der Waals surface area contributed by atoms with Gasteiger partial charge in [0.15, 0.2) is 0 Å². The maximum absolute atomic E-state index is 11.8. The fraction of sp³-hybridized carbons (Fsp3) is 0.429. The zero-order valence-electron chi connectivity index (χ0n) is 11.0. The van der Waals surface area contributed by atoms with Gasteiger partial charge in [-0.25, -0.2) is 0 Å². The first-order valence-electron chi connectivity index (χ1n) is 6.55. The smallest absolute Gasteiger partial charge is 0.250 e.